The predicted molar refractivity (Wildman–Crippen MR) is 91.4 cm³/mol. The molecule has 8 heteroatoms. The summed E-state index contributed by atoms with van der Waals surface area (Å²) in [5.41, 5.74) is 2.19. The fourth-order valence-corrected chi connectivity index (χ4v) is 2.52. The second kappa shape index (κ2) is 7.58. The molecule has 130 valence electrons. The maximum atomic E-state index is 12.1. The Morgan fingerprint density at radius 1 is 1.24 bits per heavy atom. The van der Waals surface area contributed by atoms with Crippen LogP contribution in [0.4, 0.5) is 0 Å². The van der Waals surface area contributed by atoms with Gasteiger partial charge in [-0.05, 0) is 18.9 Å². The highest BCUT2D eigenvalue weighted by atomic mass is 35.5. The molecule has 0 saturated heterocycles. The summed E-state index contributed by atoms with van der Waals surface area (Å²) in [4.78, 5) is 16.3. The van der Waals surface area contributed by atoms with Gasteiger partial charge in [0.1, 0.15) is 11.6 Å². The van der Waals surface area contributed by atoms with Gasteiger partial charge < -0.3 is 9.63 Å². The number of benzene rings is 1. The number of hydrogen-bond donors (Lipinski definition) is 1. The normalized spacial score (nSPS) is 11.0. The summed E-state index contributed by atoms with van der Waals surface area (Å²) < 4.78 is 6.30. The first-order chi connectivity index (χ1) is 12.1. The molecule has 0 amide bonds. The highest BCUT2D eigenvalue weighted by Gasteiger charge is 2.12. The molecule has 0 atom stereocenters. The number of nitrogens with zero attached hydrogens (tertiary/aromatic N) is 4. The van der Waals surface area contributed by atoms with E-state index in [2.05, 4.69) is 39.5 Å². The highest BCUT2D eigenvalue weighted by molar-refractivity contribution is 6.31. The van der Waals surface area contributed by atoms with Crippen LogP contribution in [0.25, 0.3) is 0 Å². The molecular weight excluding hydrogens is 344 g/mol. The molecule has 0 saturated carbocycles. The van der Waals surface area contributed by atoms with Crippen LogP contribution < -0.4 is 5.56 Å². The molecule has 2 aromatic heterocycles. The van der Waals surface area contributed by atoms with Crippen molar-refractivity contribution in [1.82, 2.24) is 19.9 Å². The Morgan fingerprint density at radius 2 is 2.00 bits per heavy atom. The topological polar surface area (TPSA) is 94.0 Å². The van der Waals surface area contributed by atoms with E-state index in [-0.39, 0.29) is 29.6 Å². The maximum Gasteiger partial charge on any atom is 0.286 e. The molecular formula is C17H17ClN4O3. The lowest BCUT2D eigenvalue weighted by Crippen LogP contribution is -2.25. The number of aliphatic hydroxyl groups is 1. The molecule has 3 rings (SSSR count). The summed E-state index contributed by atoms with van der Waals surface area (Å²) in [6.07, 6.45) is 2.78. The van der Waals surface area contributed by atoms with Crippen molar-refractivity contribution in [3.8, 4) is 0 Å². The largest absolute Gasteiger partial charge is 0.392 e. The lowest BCUT2D eigenvalue weighted by atomic mass is 10.1. The number of aryl methyl sites for hydroxylation is 3. The zero-order chi connectivity index (χ0) is 17.8. The Bertz CT molecular complexity index is 918. The van der Waals surface area contributed by atoms with E-state index in [0.29, 0.717) is 12.2 Å². The minimum atomic E-state index is -0.507. The molecule has 0 bridgehead atoms. The lowest BCUT2D eigenvalue weighted by Gasteiger charge is -2.03. The zero-order valence-electron chi connectivity index (χ0n) is 13.6. The van der Waals surface area contributed by atoms with Crippen molar-refractivity contribution in [2.45, 2.75) is 32.9 Å². The van der Waals surface area contributed by atoms with E-state index in [0.717, 1.165) is 11.1 Å². The Balaban J connectivity index is 1.67. The molecule has 0 radical (unpaired) electrons. The standard InChI is InChI=1S/C17H17ClN4O3/c1-11-2-4-12(5-3-11)6-7-14-20-15(25-21-14)9-22-17(24)16(18)13(10-23)8-19-22/h2-5,8,23H,6-7,9-10H2,1H3. The van der Waals surface area contributed by atoms with Gasteiger partial charge in [0, 0.05) is 12.0 Å². The Hall–Kier alpha value is -2.51. The van der Waals surface area contributed by atoms with E-state index >= 15 is 0 Å². The zero-order valence-corrected chi connectivity index (χ0v) is 14.4. The number of rotatable bonds is 6. The van der Waals surface area contributed by atoms with Crippen molar-refractivity contribution >= 4 is 11.6 Å². The molecule has 7 nitrogen and oxygen atoms in total. The van der Waals surface area contributed by atoms with Crippen LogP contribution in [-0.2, 0) is 26.0 Å². The van der Waals surface area contributed by atoms with Gasteiger partial charge in [0.15, 0.2) is 5.82 Å². The van der Waals surface area contributed by atoms with Crippen LogP contribution in [0.5, 0.6) is 0 Å². The van der Waals surface area contributed by atoms with E-state index in [1.165, 1.54) is 17.3 Å². The highest BCUT2D eigenvalue weighted by Crippen LogP contribution is 2.10. The van der Waals surface area contributed by atoms with E-state index in [1.807, 2.05) is 6.92 Å². The van der Waals surface area contributed by atoms with E-state index < -0.39 is 5.56 Å². The van der Waals surface area contributed by atoms with Gasteiger partial charge in [0.2, 0.25) is 5.89 Å². The third-order valence-electron chi connectivity index (χ3n) is 3.78. The molecule has 3 aromatic rings. The maximum absolute atomic E-state index is 12.1. The number of aliphatic hydroxyl groups excluding tert-OH is 1. The van der Waals surface area contributed by atoms with Crippen molar-refractivity contribution in [3.05, 3.63) is 74.2 Å². The molecule has 0 aliphatic rings. The molecule has 1 N–H and O–H groups in total. The average Bonchev–Trinajstić information content (AvgIpc) is 3.06. The minimum Gasteiger partial charge on any atom is -0.392 e. The first-order valence-electron chi connectivity index (χ1n) is 7.79. The molecule has 2 heterocycles. The van der Waals surface area contributed by atoms with Gasteiger partial charge in [-0.25, -0.2) is 4.68 Å². The summed E-state index contributed by atoms with van der Waals surface area (Å²) in [6.45, 7) is 1.73. The lowest BCUT2D eigenvalue weighted by molar-refractivity contribution is 0.280. The summed E-state index contributed by atoms with van der Waals surface area (Å²) in [7, 11) is 0. The minimum absolute atomic E-state index is 0.0296. The van der Waals surface area contributed by atoms with Crippen LogP contribution in [0.15, 0.2) is 39.8 Å². The molecule has 0 aliphatic carbocycles. The van der Waals surface area contributed by atoms with Crippen molar-refractivity contribution in [2.75, 3.05) is 0 Å². The first kappa shape index (κ1) is 17.3. The molecule has 0 fully saturated rings. The van der Waals surface area contributed by atoms with Crippen molar-refractivity contribution in [1.29, 1.82) is 0 Å². The van der Waals surface area contributed by atoms with Crippen LogP contribution in [0, 0.1) is 6.92 Å². The third-order valence-corrected chi connectivity index (χ3v) is 4.18. The molecule has 0 spiro atoms. The van der Waals surface area contributed by atoms with Crippen LogP contribution >= 0.6 is 11.6 Å². The van der Waals surface area contributed by atoms with Crippen molar-refractivity contribution < 1.29 is 9.63 Å². The molecule has 25 heavy (non-hydrogen) atoms. The number of aromatic nitrogens is 4. The summed E-state index contributed by atoms with van der Waals surface area (Å²) in [5, 5.41) is 16.9. The summed E-state index contributed by atoms with van der Waals surface area (Å²) in [5.74, 6) is 0.850. The smallest absolute Gasteiger partial charge is 0.286 e. The van der Waals surface area contributed by atoms with Gasteiger partial charge in [-0.3, -0.25) is 4.79 Å². The van der Waals surface area contributed by atoms with Gasteiger partial charge in [0.25, 0.3) is 5.56 Å². The molecule has 1 aromatic carbocycles. The quantitative estimate of drug-likeness (QED) is 0.721. The van der Waals surface area contributed by atoms with Gasteiger partial charge >= 0.3 is 0 Å². The summed E-state index contributed by atoms with van der Waals surface area (Å²) >= 11 is 5.90. The fourth-order valence-electron chi connectivity index (χ4n) is 2.32. The van der Waals surface area contributed by atoms with Gasteiger partial charge in [-0.15, -0.1) is 0 Å². The molecule has 0 unspecified atom stereocenters. The predicted octanol–water partition coefficient (Wildman–Crippen LogP) is 1.91. The third kappa shape index (κ3) is 4.12. The van der Waals surface area contributed by atoms with Crippen LogP contribution in [0.3, 0.4) is 0 Å². The average molecular weight is 361 g/mol. The fraction of sp³-hybridized carbons (Fsp3) is 0.294. The van der Waals surface area contributed by atoms with Crippen molar-refractivity contribution in [3.63, 3.8) is 0 Å². The van der Waals surface area contributed by atoms with E-state index in [1.54, 1.807) is 0 Å². The Morgan fingerprint density at radius 3 is 2.72 bits per heavy atom. The second-order valence-electron chi connectivity index (χ2n) is 5.69. The Kier molecular flexibility index (Phi) is 5.25. The second-order valence-corrected chi connectivity index (χ2v) is 6.07. The molecule has 0 aliphatic heterocycles. The van der Waals surface area contributed by atoms with Gasteiger partial charge in [-0.2, -0.15) is 10.1 Å². The van der Waals surface area contributed by atoms with Crippen molar-refractivity contribution in [2.24, 2.45) is 0 Å². The monoisotopic (exact) mass is 360 g/mol. The van der Waals surface area contributed by atoms with E-state index in [4.69, 9.17) is 21.2 Å². The number of hydrogen-bond acceptors (Lipinski definition) is 6. The SMILES string of the molecule is Cc1ccc(CCc2noc(Cn3ncc(CO)c(Cl)c3=O)n2)cc1. The van der Waals surface area contributed by atoms with Crippen LogP contribution in [-0.4, -0.2) is 25.0 Å². The Labute approximate surface area is 148 Å². The summed E-state index contributed by atoms with van der Waals surface area (Å²) in [6, 6.07) is 8.28. The van der Waals surface area contributed by atoms with E-state index in [9.17, 15) is 4.79 Å². The number of halogens is 1. The van der Waals surface area contributed by atoms with Gasteiger partial charge in [0.05, 0.1) is 12.8 Å². The van der Waals surface area contributed by atoms with Gasteiger partial charge in [-0.1, -0.05) is 46.6 Å². The van der Waals surface area contributed by atoms with Crippen LogP contribution in [0.2, 0.25) is 5.02 Å². The van der Waals surface area contributed by atoms with Crippen LogP contribution in [0.1, 0.15) is 28.4 Å². The first-order valence-corrected chi connectivity index (χ1v) is 8.17.